The Morgan fingerprint density at radius 3 is 2.38 bits per heavy atom. The van der Waals surface area contributed by atoms with Crippen molar-refractivity contribution in [2.24, 2.45) is 5.92 Å². The van der Waals surface area contributed by atoms with Gasteiger partial charge in [0.25, 0.3) is 0 Å². The molecule has 0 amide bonds. The minimum atomic E-state index is 0.192. The molecule has 1 N–H and O–H groups in total. The van der Waals surface area contributed by atoms with Gasteiger partial charge in [0, 0.05) is 9.97 Å². The first-order chi connectivity index (χ1) is 6.22. The second-order valence-corrected chi connectivity index (χ2v) is 6.84. The zero-order valence-electron chi connectivity index (χ0n) is 8.01. The van der Waals surface area contributed by atoms with Gasteiger partial charge >= 0.3 is 0 Å². The largest absolute Gasteiger partial charge is 0.395 e. The fourth-order valence-corrected chi connectivity index (χ4v) is 2.44. The van der Waals surface area contributed by atoms with Crippen molar-refractivity contribution < 1.29 is 5.11 Å². The molecule has 0 bridgehead atoms. The van der Waals surface area contributed by atoms with Crippen molar-refractivity contribution in [2.75, 3.05) is 26.2 Å². The molecule has 0 unspecified atom stereocenters. The van der Waals surface area contributed by atoms with E-state index in [-0.39, 0.29) is 3.42 Å². The summed E-state index contributed by atoms with van der Waals surface area (Å²) in [6, 6.07) is 0. The molecule has 1 heterocycles. The summed E-state index contributed by atoms with van der Waals surface area (Å²) in [6.45, 7) is 4.06. The lowest BCUT2D eigenvalue weighted by Gasteiger charge is -2.36. The molecular weight excluding hydrogens is 277 g/mol. The van der Waals surface area contributed by atoms with Gasteiger partial charge in [0.15, 0.2) is 0 Å². The van der Waals surface area contributed by atoms with E-state index in [2.05, 4.69) is 27.5 Å². The Morgan fingerprint density at radius 2 is 1.92 bits per heavy atom. The predicted octanol–water partition coefficient (Wildman–Crippen LogP) is 1.66. The molecule has 1 saturated carbocycles. The summed E-state index contributed by atoms with van der Waals surface area (Å²) in [5.41, 5.74) is 0. The van der Waals surface area contributed by atoms with Crippen LogP contribution in [0.1, 0.15) is 25.7 Å². The van der Waals surface area contributed by atoms with Crippen LogP contribution in [0, 0.1) is 5.92 Å². The van der Waals surface area contributed by atoms with Gasteiger partial charge in [0.05, 0.1) is 6.61 Å². The summed E-state index contributed by atoms with van der Waals surface area (Å²) >= 11 is 2.44. The number of hydrogen-bond acceptors (Lipinski definition) is 2. The highest BCUT2D eigenvalue weighted by molar-refractivity contribution is 14.1. The van der Waals surface area contributed by atoms with Crippen LogP contribution < -0.4 is 0 Å². The third-order valence-corrected chi connectivity index (χ3v) is 4.67. The molecule has 1 saturated heterocycles. The Bertz CT molecular complexity index is 174. The summed E-state index contributed by atoms with van der Waals surface area (Å²) in [4.78, 5) is 2.57. The molecule has 76 valence electrons. The Kier molecular flexibility index (Phi) is 3.15. The first-order valence-corrected chi connectivity index (χ1v) is 6.32. The van der Waals surface area contributed by atoms with Crippen LogP contribution in [-0.2, 0) is 0 Å². The smallest absolute Gasteiger partial charge is 0.0578 e. The van der Waals surface area contributed by atoms with Gasteiger partial charge in [-0.25, -0.2) is 0 Å². The highest BCUT2D eigenvalue weighted by Gasteiger charge is 2.33. The molecule has 2 aliphatic rings. The summed E-state index contributed by atoms with van der Waals surface area (Å²) in [5, 5.41) is 9.20. The van der Waals surface area contributed by atoms with Gasteiger partial charge in [-0.3, -0.25) is 0 Å². The number of nitrogens with zero attached hydrogens (tertiary/aromatic N) is 1. The maximum atomic E-state index is 9.20. The lowest BCUT2D eigenvalue weighted by Crippen LogP contribution is -2.43. The monoisotopic (exact) mass is 295 g/mol. The molecule has 3 heteroatoms. The fourth-order valence-electron chi connectivity index (χ4n) is 1.96. The van der Waals surface area contributed by atoms with Gasteiger partial charge in [-0.15, -0.1) is 0 Å². The van der Waals surface area contributed by atoms with Gasteiger partial charge in [0.1, 0.15) is 0 Å². The van der Waals surface area contributed by atoms with Crippen LogP contribution in [0.4, 0.5) is 0 Å². The average molecular weight is 295 g/mol. The van der Waals surface area contributed by atoms with E-state index in [1.54, 1.807) is 0 Å². The van der Waals surface area contributed by atoms with Crippen molar-refractivity contribution in [2.45, 2.75) is 29.1 Å². The zero-order chi connectivity index (χ0) is 9.31. The molecular formula is C10H18INO. The highest BCUT2D eigenvalue weighted by Crippen LogP contribution is 2.34. The van der Waals surface area contributed by atoms with Crippen LogP contribution in [0.25, 0.3) is 0 Å². The first-order valence-electron chi connectivity index (χ1n) is 5.24. The van der Waals surface area contributed by atoms with E-state index in [9.17, 15) is 5.11 Å². The Hall–Kier alpha value is 0.650. The van der Waals surface area contributed by atoms with Crippen LogP contribution in [0.2, 0.25) is 0 Å². The Labute approximate surface area is 93.8 Å². The molecule has 0 radical (unpaired) electrons. The minimum Gasteiger partial charge on any atom is -0.395 e. The Balaban J connectivity index is 1.74. The van der Waals surface area contributed by atoms with Crippen molar-refractivity contribution in [3.8, 4) is 0 Å². The van der Waals surface area contributed by atoms with Crippen molar-refractivity contribution >= 4 is 22.6 Å². The van der Waals surface area contributed by atoms with E-state index in [4.69, 9.17) is 0 Å². The fraction of sp³-hybridized carbons (Fsp3) is 1.00. The topological polar surface area (TPSA) is 23.5 Å². The summed E-state index contributed by atoms with van der Waals surface area (Å²) < 4.78 is 0.192. The van der Waals surface area contributed by atoms with E-state index >= 15 is 0 Å². The second kappa shape index (κ2) is 4.03. The van der Waals surface area contributed by atoms with Gasteiger partial charge in [-0.05, 0) is 44.7 Å². The maximum Gasteiger partial charge on any atom is 0.0578 e. The SMILES string of the molecule is OCC1(I)CCN(CC2CC2)CC1. The summed E-state index contributed by atoms with van der Waals surface area (Å²) in [7, 11) is 0. The van der Waals surface area contributed by atoms with Gasteiger partial charge in [0.2, 0.25) is 0 Å². The number of hydrogen-bond donors (Lipinski definition) is 1. The molecule has 2 rings (SSSR count). The average Bonchev–Trinajstić information content (AvgIpc) is 2.93. The van der Waals surface area contributed by atoms with E-state index in [1.165, 1.54) is 32.5 Å². The standard InChI is InChI=1S/C10H18INO/c11-10(8-13)3-5-12(6-4-10)7-9-1-2-9/h9,13H,1-8H2. The van der Waals surface area contributed by atoms with Crippen LogP contribution in [0.15, 0.2) is 0 Å². The number of rotatable bonds is 3. The van der Waals surface area contributed by atoms with Crippen molar-refractivity contribution in [1.29, 1.82) is 0 Å². The lowest BCUT2D eigenvalue weighted by atomic mass is 9.97. The molecule has 1 aliphatic heterocycles. The van der Waals surface area contributed by atoms with E-state index in [0.29, 0.717) is 6.61 Å². The third kappa shape index (κ3) is 2.80. The molecule has 0 atom stereocenters. The van der Waals surface area contributed by atoms with Crippen LogP contribution >= 0.6 is 22.6 Å². The maximum absolute atomic E-state index is 9.20. The Morgan fingerprint density at radius 1 is 1.31 bits per heavy atom. The molecule has 1 aliphatic carbocycles. The second-order valence-electron chi connectivity index (χ2n) is 4.55. The first kappa shape index (κ1) is 10.2. The number of likely N-dealkylation sites (tertiary alicyclic amines) is 1. The van der Waals surface area contributed by atoms with E-state index in [1.807, 2.05) is 0 Å². The van der Waals surface area contributed by atoms with Gasteiger partial charge in [-0.1, -0.05) is 22.6 Å². The number of halogens is 1. The quantitative estimate of drug-likeness (QED) is 0.632. The summed E-state index contributed by atoms with van der Waals surface area (Å²) in [5.74, 6) is 1.01. The van der Waals surface area contributed by atoms with Crippen LogP contribution in [-0.4, -0.2) is 39.7 Å². The number of alkyl halides is 1. The number of aliphatic hydroxyl groups excluding tert-OH is 1. The van der Waals surface area contributed by atoms with Crippen LogP contribution in [0.5, 0.6) is 0 Å². The molecule has 0 aromatic heterocycles. The van der Waals surface area contributed by atoms with Crippen molar-refractivity contribution in [3.05, 3.63) is 0 Å². The number of aliphatic hydroxyl groups is 1. The van der Waals surface area contributed by atoms with Crippen molar-refractivity contribution in [1.82, 2.24) is 4.90 Å². The molecule has 2 nitrogen and oxygen atoms in total. The molecule has 0 aromatic carbocycles. The normalized spacial score (nSPS) is 29.1. The molecule has 2 fully saturated rings. The van der Waals surface area contributed by atoms with Gasteiger partial charge < -0.3 is 10.0 Å². The number of piperidine rings is 1. The molecule has 13 heavy (non-hydrogen) atoms. The molecule has 0 spiro atoms. The van der Waals surface area contributed by atoms with Crippen LogP contribution in [0.3, 0.4) is 0 Å². The van der Waals surface area contributed by atoms with E-state index < -0.39 is 0 Å². The summed E-state index contributed by atoms with van der Waals surface area (Å²) in [6.07, 6.45) is 5.23. The lowest BCUT2D eigenvalue weighted by molar-refractivity contribution is 0.156. The highest BCUT2D eigenvalue weighted by atomic mass is 127. The van der Waals surface area contributed by atoms with Crippen molar-refractivity contribution in [3.63, 3.8) is 0 Å². The van der Waals surface area contributed by atoms with Gasteiger partial charge in [-0.2, -0.15) is 0 Å². The third-order valence-electron chi connectivity index (χ3n) is 3.25. The minimum absolute atomic E-state index is 0.192. The van der Waals surface area contributed by atoms with E-state index in [0.717, 1.165) is 18.8 Å². The zero-order valence-corrected chi connectivity index (χ0v) is 10.2. The molecule has 0 aromatic rings. The predicted molar refractivity (Wildman–Crippen MR) is 62.2 cm³/mol.